The normalized spacial score (nSPS) is 13.8. The summed E-state index contributed by atoms with van der Waals surface area (Å²) in [5, 5.41) is 17.4. The topological polar surface area (TPSA) is 80.9 Å². The van der Waals surface area contributed by atoms with Crippen molar-refractivity contribution in [1.82, 2.24) is 20.2 Å². The van der Waals surface area contributed by atoms with E-state index < -0.39 is 42.0 Å². The quantitative estimate of drug-likeness (QED) is 0.858. The lowest BCUT2D eigenvalue weighted by Gasteiger charge is -2.24. The van der Waals surface area contributed by atoms with E-state index in [0.717, 1.165) is 13.8 Å². The summed E-state index contributed by atoms with van der Waals surface area (Å²) in [6.45, 7) is 1.50. The van der Waals surface area contributed by atoms with E-state index in [4.69, 9.17) is 5.11 Å². The molecule has 0 unspecified atom stereocenters. The maximum absolute atomic E-state index is 12.6. The summed E-state index contributed by atoms with van der Waals surface area (Å²) in [6, 6.07) is 0. The van der Waals surface area contributed by atoms with E-state index in [0.29, 0.717) is 0 Å². The van der Waals surface area contributed by atoms with Crippen molar-refractivity contribution in [2.75, 3.05) is 0 Å². The lowest BCUT2D eigenvalue weighted by molar-refractivity contribution is -0.256. The second kappa shape index (κ2) is 5.15. The smallest absolute Gasteiger partial charge is 0.407 e. The molecule has 0 aliphatic heterocycles. The number of halogens is 6. The van der Waals surface area contributed by atoms with Crippen LogP contribution in [0, 0.1) is 5.41 Å². The van der Waals surface area contributed by atoms with Gasteiger partial charge in [-0.25, -0.2) is 4.68 Å². The lowest BCUT2D eigenvalue weighted by atomic mass is 9.93. The van der Waals surface area contributed by atoms with Crippen molar-refractivity contribution in [3.63, 3.8) is 0 Å². The Morgan fingerprint density at radius 1 is 1.19 bits per heavy atom. The van der Waals surface area contributed by atoms with Crippen LogP contribution in [0.5, 0.6) is 0 Å². The number of rotatable bonds is 4. The summed E-state index contributed by atoms with van der Waals surface area (Å²) < 4.78 is 75.8. The van der Waals surface area contributed by atoms with Gasteiger partial charge in [-0.3, -0.25) is 4.79 Å². The van der Waals surface area contributed by atoms with E-state index in [1.807, 2.05) is 0 Å². The molecule has 120 valence electrons. The molecule has 0 bridgehead atoms. The van der Waals surface area contributed by atoms with Crippen LogP contribution in [-0.4, -0.2) is 43.6 Å². The number of alkyl halides is 6. The predicted octanol–water partition coefficient (Wildman–Crippen LogP) is 1.99. The van der Waals surface area contributed by atoms with Crippen molar-refractivity contribution in [3.8, 4) is 0 Å². The minimum Gasteiger partial charge on any atom is -0.481 e. The number of aromatic nitrogens is 4. The average Bonchev–Trinajstić information content (AvgIpc) is 2.60. The molecule has 0 saturated carbocycles. The van der Waals surface area contributed by atoms with Crippen LogP contribution < -0.4 is 0 Å². The molecule has 1 aromatic rings. The Morgan fingerprint density at radius 3 is 2.05 bits per heavy atom. The largest absolute Gasteiger partial charge is 0.481 e. The predicted molar refractivity (Wildman–Crippen MR) is 54.1 cm³/mol. The van der Waals surface area contributed by atoms with E-state index in [9.17, 15) is 31.1 Å². The summed E-state index contributed by atoms with van der Waals surface area (Å²) in [7, 11) is 0. The SMILES string of the molecule is CC(C)(Cn1nnnc1C(C(F)(F)F)C(F)(F)F)C(=O)O. The second-order valence-corrected chi connectivity index (χ2v) is 4.90. The molecule has 0 fully saturated rings. The first-order chi connectivity index (χ1) is 9.27. The first-order valence-electron chi connectivity index (χ1n) is 5.39. The van der Waals surface area contributed by atoms with Gasteiger partial charge in [0.05, 0.1) is 12.0 Å². The van der Waals surface area contributed by atoms with Crippen molar-refractivity contribution >= 4 is 5.97 Å². The number of carbonyl (C=O) groups is 1. The molecule has 1 heterocycles. The molecule has 0 saturated heterocycles. The minimum atomic E-state index is -5.65. The Morgan fingerprint density at radius 2 is 1.67 bits per heavy atom. The summed E-state index contributed by atoms with van der Waals surface area (Å²) in [5.74, 6) is -6.80. The van der Waals surface area contributed by atoms with Crippen molar-refractivity contribution < 1.29 is 36.2 Å². The molecule has 0 atom stereocenters. The summed E-state index contributed by atoms with van der Waals surface area (Å²) in [5.41, 5.74) is -1.65. The monoisotopic (exact) mass is 320 g/mol. The van der Waals surface area contributed by atoms with E-state index in [1.54, 1.807) is 0 Å². The molecule has 0 aromatic carbocycles. The molecular formula is C9H10F6N4O2. The van der Waals surface area contributed by atoms with E-state index in [1.165, 1.54) is 0 Å². The highest BCUT2D eigenvalue weighted by Gasteiger charge is 2.60. The van der Waals surface area contributed by atoms with Gasteiger partial charge in [-0.2, -0.15) is 26.3 Å². The third-order valence-corrected chi connectivity index (χ3v) is 2.60. The number of aliphatic carboxylic acids is 1. The van der Waals surface area contributed by atoms with Crippen molar-refractivity contribution in [2.45, 2.75) is 38.7 Å². The fourth-order valence-corrected chi connectivity index (χ4v) is 1.45. The Kier molecular flexibility index (Phi) is 4.21. The second-order valence-electron chi connectivity index (χ2n) is 4.90. The van der Waals surface area contributed by atoms with Gasteiger partial charge in [0.25, 0.3) is 0 Å². The zero-order valence-electron chi connectivity index (χ0n) is 10.7. The Balaban J connectivity index is 3.26. The Labute approximate surface area is 113 Å². The first-order valence-corrected chi connectivity index (χ1v) is 5.39. The van der Waals surface area contributed by atoms with Crippen LogP contribution in [-0.2, 0) is 11.3 Å². The molecule has 0 aliphatic carbocycles. The molecule has 1 N–H and O–H groups in total. The molecular weight excluding hydrogens is 310 g/mol. The van der Waals surface area contributed by atoms with E-state index >= 15 is 0 Å². The number of hydrogen-bond donors (Lipinski definition) is 1. The zero-order valence-corrected chi connectivity index (χ0v) is 10.7. The number of carboxylic acids is 1. The molecule has 0 spiro atoms. The highest BCUT2D eigenvalue weighted by molar-refractivity contribution is 5.73. The van der Waals surface area contributed by atoms with Gasteiger partial charge in [-0.05, 0) is 24.3 Å². The Hall–Kier alpha value is -1.88. The molecule has 12 heteroatoms. The average molecular weight is 320 g/mol. The van der Waals surface area contributed by atoms with Crippen molar-refractivity contribution in [1.29, 1.82) is 0 Å². The fourth-order valence-electron chi connectivity index (χ4n) is 1.45. The van der Waals surface area contributed by atoms with Gasteiger partial charge in [-0.15, -0.1) is 5.10 Å². The van der Waals surface area contributed by atoms with Crippen LogP contribution in [0.15, 0.2) is 0 Å². The van der Waals surface area contributed by atoms with Crippen molar-refractivity contribution in [3.05, 3.63) is 5.82 Å². The van der Waals surface area contributed by atoms with Gasteiger partial charge in [0, 0.05) is 0 Å². The van der Waals surface area contributed by atoms with Crippen LogP contribution >= 0.6 is 0 Å². The van der Waals surface area contributed by atoms with Gasteiger partial charge in [0.15, 0.2) is 5.82 Å². The van der Waals surface area contributed by atoms with Gasteiger partial charge in [0.2, 0.25) is 5.92 Å². The Bertz CT molecular complexity index is 507. The van der Waals surface area contributed by atoms with Gasteiger partial charge in [-0.1, -0.05) is 0 Å². The maximum Gasteiger partial charge on any atom is 0.407 e. The van der Waals surface area contributed by atoms with Gasteiger partial charge < -0.3 is 5.11 Å². The molecule has 1 aromatic heterocycles. The minimum absolute atomic E-state index is 0.208. The van der Waals surface area contributed by atoms with Crippen LogP contribution in [0.25, 0.3) is 0 Å². The van der Waals surface area contributed by atoms with Crippen LogP contribution in [0.4, 0.5) is 26.3 Å². The zero-order chi connectivity index (χ0) is 16.6. The molecule has 0 aliphatic rings. The van der Waals surface area contributed by atoms with E-state index in [-0.39, 0.29) is 4.68 Å². The third-order valence-electron chi connectivity index (χ3n) is 2.60. The first kappa shape index (κ1) is 17.2. The fraction of sp³-hybridized carbons (Fsp3) is 0.778. The summed E-state index contributed by atoms with van der Waals surface area (Å²) >= 11 is 0. The summed E-state index contributed by atoms with van der Waals surface area (Å²) in [4.78, 5) is 10.9. The van der Waals surface area contributed by atoms with Crippen LogP contribution in [0.3, 0.4) is 0 Å². The standard InChI is InChI=1S/C9H10F6N4O2/c1-7(2,6(20)21)3-19-5(16-17-18-19)4(8(10,11)12)9(13,14)15/h4H,3H2,1-2H3,(H,20,21). The molecule has 0 radical (unpaired) electrons. The molecule has 21 heavy (non-hydrogen) atoms. The van der Waals surface area contributed by atoms with Gasteiger partial charge in [0.1, 0.15) is 0 Å². The molecule has 0 amide bonds. The highest BCUT2D eigenvalue weighted by Crippen LogP contribution is 2.45. The number of tetrazole rings is 1. The van der Waals surface area contributed by atoms with Crippen LogP contribution in [0.1, 0.15) is 25.6 Å². The maximum atomic E-state index is 12.6. The molecule has 1 rings (SSSR count). The highest BCUT2D eigenvalue weighted by atomic mass is 19.4. The molecule has 6 nitrogen and oxygen atoms in total. The van der Waals surface area contributed by atoms with Crippen LogP contribution in [0.2, 0.25) is 0 Å². The van der Waals surface area contributed by atoms with Crippen molar-refractivity contribution in [2.24, 2.45) is 5.41 Å². The number of nitrogens with zero attached hydrogens (tertiary/aromatic N) is 4. The number of hydrogen-bond acceptors (Lipinski definition) is 4. The van der Waals surface area contributed by atoms with E-state index in [2.05, 4.69) is 15.5 Å². The van der Waals surface area contributed by atoms with Gasteiger partial charge >= 0.3 is 18.3 Å². The number of carboxylic acid groups (broad SMARTS) is 1. The third kappa shape index (κ3) is 3.82. The summed E-state index contributed by atoms with van der Waals surface area (Å²) in [6.07, 6.45) is -11.3. The lowest BCUT2D eigenvalue weighted by Crippen LogP contribution is -2.38.